The molecule has 0 aliphatic carbocycles. The number of methoxy groups -OCH3 is 1. The number of rotatable bonds is 8. The van der Waals surface area contributed by atoms with Crippen LogP contribution < -0.4 is 10.1 Å². The molecule has 10 heteroatoms. The van der Waals surface area contributed by atoms with Crippen LogP contribution in [0.5, 0.6) is 5.75 Å². The third-order valence-corrected chi connectivity index (χ3v) is 6.67. The monoisotopic (exact) mass is 526 g/mol. The van der Waals surface area contributed by atoms with Gasteiger partial charge in [0.15, 0.2) is 0 Å². The normalized spacial score (nSPS) is 16.4. The number of amides is 2. The molecule has 1 fully saturated rings. The van der Waals surface area contributed by atoms with Gasteiger partial charge in [-0.05, 0) is 67.1 Å². The molecule has 0 unspecified atom stereocenters. The summed E-state index contributed by atoms with van der Waals surface area (Å²) in [4.78, 5) is 28.0. The Labute approximate surface area is 211 Å². The van der Waals surface area contributed by atoms with Crippen LogP contribution in [-0.4, -0.2) is 43.5 Å². The number of hydrogen-bond donors (Lipinski definition) is 1. The second-order valence-electron chi connectivity index (χ2n) is 8.03. The summed E-state index contributed by atoms with van der Waals surface area (Å²) >= 11 is 7.36. The summed E-state index contributed by atoms with van der Waals surface area (Å²) < 4.78 is 43.1. The lowest BCUT2D eigenvalue weighted by Crippen LogP contribution is -2.45. The van der Waals surface area contributed by atoms with E-state index < -0.39 is 11.7 Å². The van der Waals surface area contributed by atoms with E-state index in [1.54, 1.807) is 28.5 Å². The summed E-state index contributed by atoms with van der Waals surface area (Å²) in [5.41, 5.74) is -0.306. The van der Waals surface area contributed by atoms with Crippen molar-refractivity contribution in [2.75, 3.05) is 26.7 Å². The smallest absolute Gasteiger partial charge is 0.416 e. The Bertz CT molecular complexity index is 1060. The van der Waals surface area contributed by atoms with Gasteiger partial charge in [0.25, 0.3) is 5.91 Å². The van der Waals surface area contributed by atoms with Crippen molar-refractivity contribution in [1.82, 2.24) is 10.2 Å². The van der Waals surface area contributed by atoms with E-state index in [-0.39, 0.29) is 17.7 Å². The Morgan fingerprint density at radius 2 is 1.97 bits per heavy atom. The van der Waals surface area contributed by atoms with E-state index in [1.165, 1.54) is 31.0 Å². The summed E-state index contributed by atoms with van der Waals surface area (Å²) in [6.45, 7) is 1.30. The molecule has 0 aromatic heterocycles. The van der Waals surface area contributed by atoms with Gasteiger partial charge in [-0.1, -0.05) is 29.4 Å². The molecule has 0 radical (unpaired) electrons. The molecule has 1 heterocycles. The fourth-order valence-electron chi connectivity index (χ4n) is 3.73. The summed E-state index contributed by atoms with van der Waals surface area (Å²) in [5, 5.41) is 5.12. The van der Waals surface area contributed by atoms with E-state index >= 15 is 0 Å². The number of likely N-dealkylation sites (tertiary alicyclic amines) is 1. The number of piperidine rings is 1. The molecule has 1 saturated heterocycles. The lowest BCUT2D eigenvalue weighted by Gasteiger charge is -2.32. The van der Waals surface area contributed by atoms with Gasteiger partial charge >= 0.3 is 6.18 Å². The van der Waals surface area contributed by atoms with Crippen LogP contribution >= 0.6 is 23.4 Å². The predicted molar refractivity (Wildman–Crippen MR) is 131 cm³/mol. The molecule has 1 N–H and O–H groups in total. The summed E-state index contributed by atoms with van der Waals surface area (Å²) in [6.07, 6.45) is -0.500. The Kier molecular flexibility index (Phi) is 9.51. The third kappa shape index (κ3) is 7.67. The average molecular weight is 527 g/mol. The number of hydrogen-bond acceptors (Lipinski definition) is 4. The van der Waals surface area contributed by atoms with Crippen molar-refractivity contribution in [3.05, 3.63) is 70.1 Å². The van der Waals surface area contributed by atoms with Crippen molar-refractivity contribution in [3.8, 4) is 5.75 Å². The molecule has 2 aromatic rings. The molecule has 35 heavy (non-hydrogen) atoms. The number of carbonyl (C=O) groups excluding carboxylic acids is 2. The zero-order chi connectivity index (χ0) is 25.4. The van der Waals surface area contributed by atoms with Crippen molar-refractivity contribution < 1.29 is 27.5 Å². The van der Waals surface area contributed by atoms with Gasteiger partial charge < -0.3 is 15.0 Å². The number of halogens is 4. The number of nitrogens with one attached hydrogen (secondary N) is 1. The molecule has 0 bridgehead atoms. The summed E-state index contributed by atoms with van der Waals surface area (Å²) in [5.74, 6) is -0.190. The van der Waals surface area contributed by atoms with Crippen molar-refractivity contribution in [2.24, 2.45) is 5.92 Å². The number of benzene rings is 2. The lowest BCUT2D eigenvalue weighted by molar-refractivity contribution is -0.137. The van der Waals surface area contributed by atoms with Crippen molar-refractivity contribution in [1.29, 1.82) is 0 Å². The van der Waals surface area contributed by atoms with Crippen molar-refractivity contribution in [2.45, 2.75) is 30.3 Å². The maximum atomic E-state index is 13.0. The Morgan fingerprint density at radius 1 is 1.23 bits per heavy atom. The second kappa shape index (κ2) is 12.4. The van der Waals surface area contributed by atoms with Gasteiger partial charge in [-0.3, -0.25) is 9.59 Å². The van der Waals surface area contributed by atoms with Crippen LogP contribution in [0, 0.1) is 5.92 Å². The largest absolute Gasteiger partial charge is 0.496 e. The van der Waals surface area contributed by atoms with E-state index in [0.29, 0.717) is 53.7 Å². The standard InChI is InChI=1S/C25H26ClF3N2O3S/c1-34-22-11-8-19(26)15-21(22)24(33)31-13-4-5-17(16-31)23(32)30-12-2-3-14-35-20-9-6-18(7-10-20)25(27,28)29/h3,6-11,14-15,17H,2,4-5,12-13,16H2,1H3,(H,30,32)/t17-/m0/s1. The van der Waals surface area contributed by atoms with Gasteiger partial charge in [-0.15, -0.1) is 0 Å². The number of ether oxygens (including phenoxy) is 1. The van der Waals surface area contributed by atoms with Gasteiger partial charge in [0.2, 0.25) is 5.91 Å². The van der Waals surface area contributed by atoms with Crippen molar-refractivity contribution >= 4 is 35.2 Å². The van der Waals surface area contributed by atoms with Crippen LogP contribution in [0.1, 0.15) is 35.2 Å². The predicted octanol–water partition coefficient (Wildman–Crippen LogP) is 6.03. The fraction of sp³-hybridized carbons (Fsp3) is 0.360. The fourth-order valence-corrected chi connectivity index (χ4v) is 4.59. The zero-order valence-electron chi connectivity index (χ0n) is 19.1. The highest BCUT2D eigenvalue weighted by Crippen LogP contribution is 2.31. The number of thioether (sulfide) groups is 1. The topological polar surface area (TPSA) is 58.6 Å². The highest BCUT2D eigenvalue weighted by Gasteiger charge is 2.31. The quantitative estimate of drug-likeness (QED) is 0.337. The molecular weight excluding hydrogens is 501 g/mol. The van der Waals surface area contributed by atoms with Gasteiger partial charge in [0.1, 0.15) is 5.75 Å². The molecular formula is C25H26ClF3N2O3S. The summed E-state index contributed by atoms with van der Waals surface area (Å²) in [7, 11) is 1.49. The first kappa shape index (κ1) is 26.9. The van der Waals surface area contributed by atoms with E-state index in [4.69, 9.17) is 16.3 Å². The first-order chi connectivity index (χ1) is 16.7. The van der Waals surface area contributed by atoms with E-state index in [0.717, 1.165) is 18.6 Å². The van der Waals surface area contributed by atoms with E-state index in [2.05, 4.69) is 5.32 Å². The molecule has 3 rings (SSSR count). The van der Waals surface area contributed by atoms with E-state index in [1.807, 2.05) is 6.08 Å². The molecule has 2 aromatic carbocycles. The lowest BCUT2D eigenvalue weighted by atomic mass is 9.96. The SMILES string of the molecule is COc1ccc(Cl)cc1C(=O)N1CCC[C@H](C(=O)NCCC=CSc2ccc(C(F)(F)F)cc2)C1. The minimum Gasteiger partial charge on any atom is -0.496 e. The Morgan fingerprint density at radius 3 is 2.66 bits per heavy atom. The van der Waals surface area contributed by atoms with E-state index in [9.17, 15) is 22.8 Å². The van der Waals surface area contributed by atoms with Crippen LogP contribution in [0.4, 0.5) is 13.2 Å². The average Bonchev–Trinajstić information content (AvgIpc) is 2.85. The van der Waals surface area contributed by atoms with Crippen LogP contribution in [0.2, 0.25) is 5.02 Å². The molecule has 188 valence electrons. The van der Waals surface area contributed by atoms with Crippen LogP contribution in [-0.2, 0) is 11.0 Å². The van der Waals surface area contributed by atoms with Crippen LogP contribution in [0.3, 0.4) is 0 Å². The van der Waals surface area contributed by atoms with Crippen LogP contribution in [0.15, 0.2) is 58.8 Å². The highest BCUT2D eigenvalue weighted by atomic mass is 35.5. The Balaban J connectivity index is 1.44. The third-order valence-electron chi connectivity index (χ3n) is 5.56. The first-order valence-electron chi connectivity index (χ1n) is 11.1. The van der Waals surface area contributed by atoms with Crippen LogP contribution in [0.25, 0.3) is 0 Å². The highest BCUT2D eigenvalue weighted by molar-refractivity contribution is 8.02. The van der Waals surface area contributed by atoms with Gasteiger partial charge in [0, 0.05) is 29.6 Å². The first-order valence-corrected chi connectivity index (χ1v) is 12.3. The molecule has 5 nitrogen and oxygen atoms in total. The maximum Gasteiger partial charge on any atom is 0.416 e. The zero-order valence-corrected chi connectivity index (χ0v) is 20.7. The number of carbonyl (C=O) groups is 2. The summed E-state index contributed by atoms with van der Waals surface area (Å²) in [6, 6.07) is 9.83. The minimum atomic E-state index is -4.35. The minimum absolute atomic E-state index is 0.107. The molecule has 0 spiro atoms. The molecule has 1 aliphatic heterocycles. The molecule has 1 atom stereocenters. The van der Waals surface area contributed by atoms with Gasteiger partial charge in [0.05, 0.1) is 24.2 Å². The molecule has 1 aliphatic rings. The molecule has 0 saturated carbocycles. The van der Waals surface area contributed by atoms with Crippen molar-refractivity contribution in [3.63, 3.8) is 0 Å². The van der Waals surface area contributed by atoms with Gasteiger partial charge in [-0.2, -0.15) is 13.2 Å². The number of alkyl halides is 3. The Hall–Kier alpha value is -2.65. The molecule has 2 amide bonds. The number of nitrogens with zero attached hydrogens (tertiary/aromatic N) is 1. The van der Waals surface area contributed by atoms with Gasteiger partial charge in [-0.25, -0.2) is 0 Å². The second-order valence-corrected chi connectivity index (χ2v) is 9.44. The maximum absolute atomic E-state index is 13.0.